The van der Waals surface area contributed by atoms with Gasteiger partial charge in [0.2, 0.25) is 0 Å². The van der Waals surface area contributed by atoms with Crippen LogP contribution >= 0.6 is 0 Å². The number of carboxylic acid groups (broad SMARTS) is 2. The van der Waals surface area contributed by atoms with Crippen LogP contribution < -0.4 is 5.32 Å². The molecule has 0 saturated carbocycles. The molecule has 0 rings (SSSR count). The van der Waals surface area contributed by atoms with Crippen LogP contribution in [0, 0.1) is 0 Å². The normalized spacial score (nSPS) is 10.5. The predicted molar refractivity (Wildman–Crippen MR) is 41.6 cm³/mol. The van der Waals surface area contributed by atoms with Crippen LogP contribution in [0.5, 0.6) is 0 Å². The summed E-state index contributed by atoms with van der Waals surface area (Å²) in [7, 11) is 0. The topological polar surface area (TPSA) is 86.6 Å². The van der Waals surface area contributed by atoms with Crippen LogP contribution in [0.4, 0.5) is 0 Å². The molecule has 0 saturated heterocycles. The molecule has 0 aromatic carbocycles. The van der Waals surface area contributed by atoms with E-state index < -0.39 is 11.9 Å². The Labute approximate surface area is 69.0 Å². The second kappa shape index (κ2) is 4.95. The van der Waals surface area contributed by atoms with Gasteiger partial charge < -0.3 is 15.5 Å². The van der Waals surface area contributed by atoms with Crippen molar-refractivity contribution in [1.29, 1.82) is 0 Å². The second-order valence-corrected chi connectivity index (χ2v) is 1.87. The van der Waals surface area contributed by atoms with Gasteiger partial charge in [-0.15, -0.1) is 6.58 Å². The fourth-order valence-electron chi connectivity index (χ4n) is 0.494. The number of carboxylic acids is 2. The number of aliphatic carboxylic acids is 2. The summed E-state index contributed by atoms with van der Waals surface area (Å²) in [6.07, 6.45) is 2.02. The maximum absolute atomic E-state index is 10.3. The third-order valence-electron chi connectivity index (χ3n) is 0.935. The lowest BCUT2D eigenvalue weighted by Crippen LogP contribution is -2.21. The SMILES string of the molecule is C=CCN/C(=C\C(=O)O)C(=O)O. The number of rotatable bonds is 5. The van der Waals surface area contributed by atoms with Crippen LogP contribution in [0.15, 0.2) is 24.4 Å². The number of nitrogens with one attached hydrogen (secondary N) is 1. The molecule has 66 valence electrons. The molecule has 0 aromatic heterocycles. The first-order chi connectivity index (χ1) is 5.57. The van der Waals surface area contributed by atoms with Crippen molar-refractivity contribution in [2.45, 2.75) is 0 Å². The van der Waals surface area contributed by atoms with Crippen LogP contribution in [-0.4, -0.2) is 28.7 Å². The first kappa shape index (κ1) is 10.2. The van der Waals surface area contributed by atoms with Crippen molar-refractivity contribution in [2.75, 3.05) is 6.54 Å². The van der Waals surface area contributed by atoms with Gasteiger partial charge in [0.25, 0.3) is 0 Å². The molecule has 0 aliphatic carbocycles. The Morgan fingerprint density at radius 1 is 1.42 bits per heavy atom. The summed E-state index contributed by atoms with van der Waals surface area (Å²) in [6, 6.07) is 0. The van der Waals surface area contributed by atoms with Crippen molar-refractivity contribution >= 4 is 11.9 Å². The quantitative estimate of drug-likeness (QED) is 0.394. The minimum Gasteiger partial charge on any atom is -0.478 e. The van der Waals surface area contributed by atoms with Crippen molar-refractivity contribution in [3.05, 3.63) is 24.4 Å². The Hall–Kier alpha value is -1.78. The summed E-state index contributed by atoms with van der Waals surface area (Å²) >= 11 is 0. The van der Waals surface area contributed by atoms with Crippen LogP contribution in [0.2, 0.25) is 0 Å². The highest BCUT2D eigenvalue weighted by Gasteiger charge is 2.06. The van der Waals surface area contributed by atoms with E-state index in [1.54, 1.807) is 0 Å². The summed E-state index contributed by atoms with van der Waals surface area (Å²) < 4.78 is 0. The van der Waals surface area contributed by atoms with E-state index in [9.17, 15) is 9.59 Å². The van der Waals surface area contributed by atoms with E-state index in [0.29, 0.717) is 6.08 Å². The summed E-state index contributed by atoms with van der Waals surface area (Å²) in [6.45, 7) is 3.55. The third kappa shape index (κ3) is 4.10. The molecule has 0 fully saturated rings. The number of hydrogen-bond acceptors (Lipinski definition) is 3. The largest absolute Gasteiger partial charge is 0.478 e. The highest BCUT2D eigenvalue weighted by Crippen LogP contribution is 1.88. The Balaban J connectivity index is 4.32. The molecule has 0 amide bonds. The molecule has 0 heterocycles. The summed E-state index contributed by atoms with van der Waals surface area (Å²) in [4.78, 5) is 20.4. The van der Waals surface area contributed by atoms with Gasteiger partial charge in [0.1, 0.15) is 5.70 Å². The molecule has 5 nitrogen and oxygen atoms in total. The standard InChI is InChI=1S/C7H9NO4/c1-2-3-8-5(7(11)12)4-6(9)10/h2,4,8H,1,3H2,(H,9,10)(H,11,12)/b5-4-. The van der Waals surface area contributed by atoms with Gasteiger partial charge in [-0.1, -0.05) is 6.08 Å². The monoisotopic (exact) mass is 171 g/mol. The van der Waals surface area contributed by atoms with Crippen molar-refractivity contribution in [1.82, 2.24) is 5.32 Å². The zero-order valence-electron chi connectivity index (χ0n) is 6.28. The number of hydrogen-bond donors (Lipinski definition) is 3. The van der Waals surface area contributed by atoms with Gasteiger partial charge in [0.05, 0.1) is 6.08 Å². The molecular weight excluding hydrogens is 162 g/mol. The van der Waals surface area contributed by atoms with Gasteiger partial charge in [0.15, 0.2) is 0 Å². The second-order valence-electron chi connectivity index (χ2n) is 1.87. The van der Waals surface area contributed by atoms with Crippen LogP contribution in [0.1, 0.15) is 0 Å². The van der Waals surface area contributed by atoms with Crippen LogP contribution in [0.25, 0.3) is 0 Å². The van der Waals surface area contributed by atoms with Crippen molar-refractivity contribution < 1.29 is 19.8 Å². The molecular formula is C7H9NO4. The lowest BCUT2D eigenvalue weighted by atomic mass is 10.4. The molecule has 0 aliphatic heterocycles. The Kier molecular flexibility index (Phi) is 4.21. The van der Waals surface area contributed by atoms with Crippen molar-refractivity contribution in [2.24, 2.45) is 0 Å². The van der Waals surface area contributed by atoms with Gasteiger partial charge in [-0.2, -0.15) is 0 Å². The summed E-state index contributed by atoms with van der Waals surface area (Å²) in [5.74, 6) is -2.61. The maximum Gasteiger partial charge on any atom is 0.352 e. The Bertz CT molecular complexity index is 232. The molecule has 0 radical (unpaired) electrons. The van der Waals surface area contributed by atoms with Gasteiger partial charge in [-0.05, 0) is 0 Å². The van der Waals surface area contributed by atoms with Gasteiger partial charge in [0, 0.05) is 6.54 Å². The molecule has 0 aliphatic rings. The summed E-state index contributed by atoms with van der Waals surface area (Å²) in [5, 5.41) is 19.0. The highest BCUT2D eigenvalue weighted by molar-refractivity contribution is 5.94. The highest BCUT2D eigenvalue weighted by atomic mass is 16.4. The van der Waals surface area contributed by atoms with Gasteiger partial charge in [-0.25, -0.2) is 9.59 Å². The predicted octanol–water partition coefficient (Wildman–Crippen LogP) is -0.185. The third-order valence-corrected chi connectivity index (χ3v) is 0.935. The van der Waals surface area contributed by atoms with E-state index >= 15 is 0 Å². The molecule has 0 aromatic rings. The van der Waals surface area contributed by atoms with E-state index in [-0.39, 0.29) is 12.2 Å². The van der Waals surface area contributed by atoms with Crippen molar-refractivity contribution in [3.8, 4) is 0 Å². The van der Waals surface area contributed by atoms with Crippen LogP contribution in [-0.2, 0) is 9.59 Å². The maximum atomic E-state index is 10.3. The van der Waals surface area contributed by atoms with E-state index in [0.717, 1.165) is 0 Å². The number of carbonyl (C=O) groups is 2. The fourth-order valence-corrected chi connectivity index (χ4v) is 0.494. The van der Waals surface area contributed by atoms with E-state index in [1.807, 2.05) is 0 Å². The molecule has 0 bridgehead atoms. The Morgan fingerprint density at radius 3 is 2.33 bits per heavy atom. The average molecular weight is 171 g/mol. The fraction of sp³-hybridized carbons (Fsp3) is 0.143. The van der Waals surface area contributed by atoms with E-state index in [2.05, 4.69) is 11.9 Å². The summed E-state index contributed by atoms with van der Waals surface area (Å²) in [5.41, 5.74) is -0.359. The molecule has 5 heteroatoms. The molecule has 0 unspecified atom stereocenters. The minimum absolute atomic E-state index is 0.214. The van der Waals surface area contributed by atoms with Crippen LogP contribution in [0.3, 0.4) is 0 Å². The molecule has 0 spiro atoms. The lowest BCUT2D eigenvalue weighted by Gasteiger charge is -2.01. The molecule has 0 atom stereocenters. The average Bonchev–Trinajstić information content (AvgIpc) is 1.96. The van der Waals surface area contributed by atoms with E-state index in [1.165, 1.54) is 6.08 Å². The Morgan fingerprint density at radius 2 is 2.00 bits per heavy atom. The lowest BCUT2D eigenvalue weighted by molar-refractivity contribution is -0.135. The minimum atomic E-state index is -1.31. The van der Waals surface area contributed by atoms with Gasteiger partial charge in [-0.3, -0.25) is 0 Å². The molecule has 12 heavy (non-hydrogen) atoms. The smallest absolute Gasteiger partial charge is 0.352 e. The van der Waals surface area contributed by atoms with Gasteiger partial charge >= 0.3 is 11.9 Å². The first-order valence-electron chi connectivity index (χ1n) is 3.10. The van der Waals surface area contributed by atoms with Crippen molar-refractivity contribution in [3.63, 3.8) is 0 Å². The van der Waals surface area contributed by atoms with E-state index in [4.69, 9.17) is 10.2 Å². The first-order valence-corrected chi connectivity index (χ1v) is 3.10. The molecule has 3 N–H and O–H groups in total. The zero-order valence-corrected chi connectivity index (χ0v) is 6.28. The zero-order chi connectivity index (χ0) is 9.56.